The number of aromatic nitrogens is 3. The van der Waals surface area contributed by atoms with E-state index in [4.69, 9.17) is 0 Å². The quantitative estimate of drug-likeness (QED) is 0.694. The summed E-state index contributed by atoms with van der Waals surface area (Å²) in [6.07, 6.45) is -2.71. The Morgan fingerprint density at radius 2 is 2.07 bits per heavy atom. The van der Waals surface area contributed by atoms with Crippen LogP contribution in [0.2, 0.25) is 0 Å². The van der Waals surface area contributed by atoms with Crippen molar-refractivity contribution in [1.82, 2.24) is 19.9 Å². The van der Waals surface area contributed by atoms with Crippen LogP contribution in [0.4, 0.5) is 13.2 Å². The number of thiophene rings is 1. The highest BCUT2D eigenvalue weighted by atomic mass is 32.1. The lowest BCUT2D eigenvalue weighted by atomic mass is 10.2. The predicted octanol–water partition coefficient (Wildman–Crippen LogP) is 4.42. The Morgan fingerprint density at radius 1 is 1.33 bits per heavy atom. The number of alkyl halides is 3. The molecule has 0 unspecified atom stereocenters. The summed E-state index contributed by atoms with van der Waals surface area (Å²) in [4.78, 5) is 18.4. The molecule has 0 atom stereocenters. The predicted molar refractivity (Wildman–Crippen MR) is 97.9 cm³/mol. The average molecular weight is 396 g/mol. The fraction of sp³-hybridized carbons (Fsp3) is 0.389. The van der Waals surface area contributed by atoms with Crippen LogP contribution in [0.1, 0.15) is 41.7 Å². The normalized spacial score (nSPS) is 12.1. The molecule has 3 rings (SSSR count). The van der Waals surface area contributed by atoms with Gasteiger partial charge in [0.25, 0.3) is 5.91 Å². The van der Waals surface area contributed by atoms with E-state index in [0.29, 0.717) is 15.9 Å². The van der Waals surface area contributed by atoms with Gasteiger partial charge in [0, 0.05) is 11.4 Å². The van der Waals surface area contributed by atoms with Crippen molar-refractivity contribution in [3.63, 3.8) is 0 Å². The third-order valence-electron chi connectivity index (χ3n) is 3.94. The number of amides is 1. The molecule has 3 heterocycles. The van der Waals surface area contributed by atoms with Gasteiger partial charge in [-0.2, -0.15) is 18.3 Å². The third-order valence-corrected chi connectivity index (χ3v) is 5.19. The van der Waals surface area contributed by atoms with Crippen LogP contribution >= 0.6 is 11.3 Å². The number of nitrogens with zero attached hydrogens (tertiary/aromatic N) is 3. The van der Waals surface area contributed by atoms with Crippen LogP contribution in [0.15, 0.2) is 24.4 Å². The summed E-state index contributed by atoms with van der Waals surface area (Å²) in [7, 11) is 0. The first-order valence-electron chi connectivity index (χ1n) is 8.54. The highest BCUT2D eigenvalue weighted by Gasteiger charge is 2.36. The van der Waals surface area contributed by atoms with E-state index < -0.39 is 17.8 Å². The zero-order valence-corrected chi connectivity index (χ0v) is 15.9. The minimum atomic E-state index is -4.63. The number of hydrogen-bond donors (Lipinski definition) is 1. The fourth-order valence-electron chi connectivity index (χ4n) is 2.55. The van der Waals surface area contributed by atoms with Crippen molar-refractivity contribution in [1.29, 1.82) is 0 Å². The summed E-state index contributed by atoms with van der Waals surface area (Å²) < 4.78 is 41.4. The lowest BCUT2D eigenvalue weighted by Gasteiger charge is -2.11. The largest absolute Gasteiger partial charge is 0.433 e. The summed E-state index contributed by atoms with van der Waals surface area (Å²) in [5, 5.41) is 6.46. The van der Waals surface area contributed by atoms with Crippen LogP contribution < -0.4 is 5.32 Å². The molecular weight excluding hydrogens is 377 g/mol. The van der Waals surface area contributed by atoms with Crippen LogP contribution in [-0.2, 0) is 12.6 Å². The molecule has 0 saturated heterocycles. The molecule has 1 amide bonds. The van der Waals surface area contributed by atoms with Gasteiger partial charge in [-0.15, -0.1) is 11.3 Å². The third kappa shape index (κ3) is 3.97. The number of nitrogens with one attached hydrogen (secondary N) is 1. The van der Waals surface area contributed by atoms with Crippen molar-refractivity contribution >= 4 is 22.9 Å². The zero-order chi connectivity index (χ0) is 19.8. The van der Waals surface area contributed by atoms with Gasteiger partial charge in [-0.05, 0) is 30.5 Å². The highest BCUT2D eigenvalue weighted by molar-refractivity contribution is 7.15. The molecular formula is C18H19F3N4OS. The van der Waals surface area contributed by atoms with E-state index in [1.165, 1.54) is 11.3 Å². The lowest BCUT2D eigenvalue weighted by Crippen LogP contribution is -2.27. The summed E-state index contributed by atoms with van der Waals surface area (Å²) in [5.41, 5.74) is -0.863. The van der Waals surface area contributed by atoms with Gasteiger partial charge in [0.15, 0.2) is 11.3 Å². The molecule has 9 heteroatoms. The Balaban J connectivity index is 2.15. The molecule has 1 N–H and O–H groups in total. The van der Waals surface area contributed by atoms with Gasteiger partial charge >= 0.3 is 6.18 Å². The maximum atomic E-state index is 13.6. The van der Waals surface area contributed by atoms with Gasteiger partial charge < -0.3 is 5.32 Å². The van der Waals surface area contributed by atoms with E-state index in [1.54, 1.807) is 6.07 Å². The molecule has 5 nitrogen and oxygen atoms in total. The Labute approximate surface area is 158 Å². The average Bonchev–Trinajstić information content (AvgIpc) is 3.24. The van der Waals surface area contributed by atoms with E-state index in [2.05, 4.69) is 15.4 Å². The number of fused-ring (bicyclic) bond motifs is 1. The molecule has 0 aromatic carbocycles. The number of aryl methyl sites for hydroxylation is 1. The van der Waals surface area contributed by atoms with Crippen LogP contribution in [-0.4, -0.2) is 27.0 Å². The van der Waals surface area contributed by atoms with E-state index >= 15 is 0 Å². The van der Waals surface area contributed by atoms with Crippen molar-refractivity contribution in [2.45, 2.75) is 33.4 Å². The van der Waals surface area contributed by atoms with E-state index in [0.717, 1.165) is 23.6 Å². The molecule has 0 spiro atoms. The van der Waals surface area contributed by atoms with Gasteiger partial charge in [-0.25, -0.2) is 9.50 Å². The second-order valence-electron chi connectivity index (χ2n) is 6.54. The van der Waals surface area contributed by atoms with Gasteiger partial charge in [-0.1, -0.05) is 20.8 Å². The highest BCUT2D eigenvalue weighted by Crippen LogP contribution is 2.34. The first-order valence-corrected chi connectivity index (χ1v) is 9.35. The van der Waals surface area contributed by atoms with Crippen LogP contribution in [0.25, 0.3) is 16.2 Å². The smallest absolute Gasteiger partial charge is 0.352 e. The summed E-state index contributed by atoms with van der Waals surface area (Å²) >= 11 is 1.38. The van der Waals surface area contributed by atoms with Gasteiger partial charge in [0.05, 0.1) is 16.8 Å². The number of carbonyl (C=O) groups excluding carboxylic acids is 1. The molecule has 27 heavy (non-hydrogen) atoms. The molecule has 0 radical (unpaired) electrons. The maximum absolute atomic E-state index is 13.6. The molecule has 0 aliphatic carbocycles. The standard InChI is InChI=1S/C18H19F3N4OS/c1-4-11-5-6-14(27-11)13-7-15(18(19,20)21)25-16(24-13)12(9-23-25)17(26)22-8-10(2)3/h5-7,9-10H,4,8H2,1-3H3,(H,22,26). The van der Waals surface area contributed by atoms with Crippen molar-refractivity contribution in [3.8, 4) is 10.6 Å². The lowest BCUT2D eigenvalue weighted by molar-refractivity contribution is -0.142. The number of rotatable bonds is 5. The van der Waals surface area contributed by atoms with Crippen molar-refractivity contribution in [2.75, 3.05) is 6.54 Å². The molecule has 0 bridgehead atoms. The first-order chi connectivity index (χ1) is 12.7. The van der Waals surface area contributed by atoms with E-state index in [-0.39, 0.29) is 22.8 Å². The molecule has 3 aromatic rings. The second kappa shape index (κ2) is 7.30. The van der Waals surface area contributed by atoms with Gasteiger partial charge in [0.2, 0.25) is 0 Å². The minimum Gasteiger partial charge on any atom is -0.352 e. The monoisotopic (exact) mass is 396 g/mol. The van der Waals surface area contributed by atoms with Crippen LogP contribution in [0.3, 0.4) is 0 Å². The molecule has 144 valence electrons. The Morgan fingerprint density at radius 3 is 2.67 bits per heavy atom. The summed E-state index contributed by atoms with van der Waals surface area (Å²) in [5.74, 6) is -0.277. The summed E-state index contributed by atoms with van der Waals surface area (Å²) in [6, 6.07) is 4.59. The Bertz CT molecular complexity index is 975. The number of halogens is 3. The zero-order valence-electron chi connectivity index (χ0n) is 15.1. The SMILES string of the molecule is CCc1ccc(-c2cc(C(F)(F)F)n3ncc(C(=O)NCC(C)C)c3n2)s1. The minimum absolute atomic E-state index is 0.0234. The van der Waals surface area contributed by atoms with Crippen molar-refractivity contribution in [3.05, 3.63) is 40.5 Å². The van der Waals surface area contributed by atoms with Crippen molar-refractivity contribution < 1.29 is 18.0 Å². The molecule has 0 saturated carbocycles. The number of carbonyl (C=O) groups is 1. The van der Waals surface area contributed by atoms with Crippen molar-refractivity contribution in [2.24, 2.45) is 5.92 Å². The van der Waals surface area contributed by atoms with Crippen LogP contribution in [0, 0.1) is 5.92 Å². The maximum Gasteiger partial charge on any atom is 0.433 e. The molecule has 3 aromatic heterocycles. The number of hydrogen-bond acceptors (Lipinski definition) is 4. The van der Waals surface area contributed by atoms with Gasteiger partial charge in [-0.3, -0.25) is 4.79 Å². The Kier molecular flexibility index (Phi) is 5.23. The van der Waals surface area contributed by atoms with Gasteiger partial charge in [0.1, 0.15) is 5.56 Å². The molecule has 0 aliphatic rings. The summed E-state index contributed by atoms with van der Waals surface area (Å²) in [6.45, 7) is 6.24. The molecule has 0 fully saturated rings. The van der Waals surface area contributed by atoms with E-state index in [9.17, 15) is 18.0 Å². The topological polar surface area (TPSA) is 59.3 Å². The van der Waals surface area contributed by atoms with E-state index in [1.807, 2.05) is 26.8 Å². The second-order valence-corrected chi connectivity index (χ2v) is 7.71. The first kappa shape index (κ1) is 19.3. The Hall–Kier alpha value is -2.42. The fourth-order valence-corrected chi connectivity index (χ4v) is 3.46. The van der Waals surface area contributed by atoms with Crippen LogP contribution in [0.5, 0.6) is 0 Å². The molecule has 0 aliphatic heterocycles.